The molecule has 0 aromatic heterocycles. The summed E-state index contributed by atoms with van der Waals surface area (Å²) < 4.78 is 6.42. The van der Waals surface area contributed by atoms with Crippen molar-refractivity contribution in [1.82, 2.24) is 0 Å². The number of carbonyl (C=O) groups is 1. The summed E-state index contributed by atoms with van der Waals surface area (Å²) in [5.41, 5.74) is -2.50. The summed E-state index contributed by atoms with van der Waals surface area (Å²) in [6.07, 6.45) is 4.46. The quantitative estimate of drug-likeness (QED) is 0.572. The van der Waals surface area contributed by atoms with Gasteiger partial charge in [0, 0.05) is 18.3 Å². The van der Waals surface area contributed by atoms with Crippen LogP contribution in [-0.2, 0) is 9.53 Å². The molecular weight excluding hydrogens is 348 g/mol. The molecule has 5 aliphatic rings. The van der Waals surface area contributed by atoms with Gasteiger partial charge in [-0.3, -0.25) is 4.79 Å². The maximum Gasteiger partial charge on any atom is 0.164 e. The fourth-order valence-corrected chi connectivity index (χ4v) is 8.63. The number of hydrogen-bond donors (Lipinski definition) is 4. The predicted octanol–water partition coefficient (Wildman–Crippen LogP) is 1.13. The molecule has 0 radical (unpaired) electrons. The molecule has 5 rings (SSSR count). The number of Topliss-reactive ketones (excluding diaryl/α,β-unsaturated/α-hetero) is 1. The summed E-state index contributed by atoms with van der Waals surface area (Å²) in [4.78, 5) is 12.4. The van der Waals surface area contributed by atoms with Crippen molar-refractivity contribution in [3.05, 3.63) is 0 Å². The van der Waals surface area contributed by atoms with Gasteiger partial charge < -0.3 is 25.2 Å². The summed E-state index contributed by atoms with van der Waals surface area (Å²) >= 11 is 0. The van der Waals surface area contributed by atoms with Crippen LogP contribution in [0.2, 0.25) is 0 Å². The molecule has 9 atom stereocenters. The van der Waals surface area contributed by atoms with E-state index in [2.05, 4.69) is 6.92 Å². The minimum atomic E-state index is -1.08. The monoisotopic (exact) mass is 380 g/mol. The summed E-state index contributed by atoms with van der Waals surface area (Å²) in [6, 6.07) is 0. The van der Waals surface area contributed by atoms with Crippen molar-refractivity contribution < 1.29 is 30.0 Å². The Bertz CT molecular complexity index is 667. The van der Waals surface area contributed by atoms with E-state index in [1.807, 2.05) is 0 Å². The number of carbonyl (C=O) groups excluding carboxylic acids is 1. The van der Waals surface area contributed by atoms with Gasteiger partial charge in [-0.15, -0.1) is 0 Å². The van der Waals surface area contributed by atoms with E-state index in [1.54, 1.807) is 0 Å². The highest BCUT2D eigenvalue weighted by Gasteiger charge is 2.79. The van der Waals surface area contributed by atoms with Crippen molar-refractivity contribution in [2.45, 2.75) is 88.3 Å². The standard InChI is InChI=1S/C21H32O6/c1-18-6-5-16-20-7-4-12(23)10-19(20,26)8-9-21(16,27-17(20)25)15(18)3-2-13(18)14(24)11-22/h12-13,15-17,22-23,25-26H,2-11H2,1H3/t12-,13-,15-,16-,17-,18+,19+,20-,21-/m0/s1. The molecule has 6 nitrogen and oxygen atoms in total. The van der Waals surface area contributed by atoms with E-state index < -0.39 is 35.6 Å². The highest BCUT2D eigenvalue weighted by atomic mass is 16.6. The Balaban J connectivity index is 1.57. The van der Waals surface area contributed by atoms with Gasteiger partial charge in [0.05, 0.1) is 22.7 Å². The van der Waals surface area contributed by atoms with Crippen molar-refractivity contribution in [3.63, 3.8) is 0 Å². The summed E-state index contributed by atoms with van der Waals surface area (Å²) in [5, 5.41) is 42.3. The molecule has 0 unspecified atom stereocenters. The third-order valence-corrected chi connectivity index (χ3v) is 9.69. The van der Waals surface area contributed by atoms with E-state index in [0.29, 0.717) is 32.1 Å². The number of fused-ring (bicyclic) bond motifs is 1. The summed E-state index contributed by atoms with van der Waals surface area (Å²) in [5.74, 6) is 0.00676. The number of aliphatic hydroxyl groups excluding tert-OH is 3. The van der Waals surface area contributed by atoms with Crippen LogP contribution < -0.4 is 0 Å². The van der Waals surface area contributed by atoms with Crippen molar-refractivity contribution in [3.8, 4) is 0 Å². The molecule has 4 N–H and O–H groups in total. The minimum absolute atomic E-state index is 0.0623. The van der Waals surface area contributed by atoms with Crippen LogP contribution in [0.1, 0.15) is 64.7 Å². The summed E-state index contributed by atoms with van der Waals surface area (Å²) in [7, 11) is 0. The average molecular weight is 380 g/mol. The lowest BCUT2D eigenvalue weighted by molar-refractivity contribution is -0.231. The maximum atomic E-state index is 12.4. The number of rotatable bonds is 2. The van der Waals surface area contributed by atoms with Gasteiger partial charge in [0.1, 0.15) is 6.61 Å². The van der Waals surface area contributed by atoms with Gasteiger partial charge in [0.25, 0.3) is 0 Å². The average Bonchev–Trinajstić information content (AvgIpc) is 3.07. The highest BCUT2D eigenvalue weighted by molar-refractivity contribution is 5.83. The van der Waals surface area contributed by atoms with Crippen LogP contribution >= 0.6 is 0 Å². The van der Waals surface area contributed by atoms with Crippen LogP contribution in [0.4, 0.5) is 0 Å². The van der Waals surface area contributed by atoms with Gasteiger partial charge in [-0.05, 0) is 62.7 Å². The normalized spacial score (nSPS) is 59.1. The molecule has 0 aromatic rings. The first kappa shape index (κ1) is 18.5. The largest absolute Gasteiger partial charge is 0.393 e. The van der Waals surface area contributed by atoms with Gasteiger partial charge in [0.15, 0.2) is 12.1 Å². The van der Waals surface area contributed by atoms with E-state index in [4.69, 9.17) is 4.74 Å². The molecule has 1 saturated heterocycles. The lowest BCUT2D eigenvalue weighted by Gasteiger charge is -2.62. The first-order valence-electron chi connectivity index (χ1n) is 10.6. The van der Waals surface area contributed by atoms with E-state index in [9.17, 15) is 25.2 Å². The Morgan fingerprint density at radius 3 is 2.56 bits per heavy atom. The minimum Gasteiger partial charge on any atom is -0.393 e. The number of ketones is 1. The second-order valence-corrected chi connectivity index (χ2v) is 10.3. The number of hydrogen-bond acceptors (Lipinski definition) is 6. The third kappa shape index (κ3) is 1.97. The Morgan fingerprint density at radius 2 is 1.81 bits per heavy atom. The molecule has 5 fully saturated rings. The Morgan fingerprint density at radius 1 is 1.04 bits per heavy atom. The SMILES string of the molecule is C[C@]12CC[C@@H]3[C@]4(CC[C@@]5(O)C[C@@H](O)CC[C@@]35[C@@H](O)O4)[C@H]1CC[C@H]2C(=O)CO. The Hall–Kier alpha value is -0.530. The molecule has 4 saturated carbocycles. The van der Waals surface area contributed by atoms with Gasteiger partial charge in [-0.2, -0.15) is 0 Å². The number of ether oxygens (including phenoxy) is 1. The first-order chi connectivity index (χ1) is 12.7. The zero-order valence-electron chi connectivity index (χ0n) is 16.1. The summed E-state index contributed by atoms with van der Waals surface area (Å²) in [6.45, 7) is 1.76. The Kier molecular flexibility index (Phi) is 3.79. The molecule has 0 amide bonds. The Labute approximate surface area is 159 Å². The van der Waals surface area contributed by atoms with E-state index >= 15 is 0 Å². The molecule has 152 valence electrons. The molecule has 0 aromatic carbocycles. The van der Waals surface area contributed by atoms with E-state index in [0.717, 1.165) is 25.7 Å². The zero-order valence-corrected chi connectivity index (χ0v) is 16.1. The van der Waals surface area contributed by atoms with Crippen LogP contribution in [0.15, 0.2) is 0 Å². The van der Waals surface area contributed by atoms with Gasteiger partial charge in [-0.1, -0.05) is 6.92 Å². The smallest absolute Gasteiger partial charge is 0.164 e. The van der Waals surface area contributed by atoms with Crippen molar-refractivity contribution >= 4 is 5.78 Å². The molecule has 4 aliphatic carbocycles. The topological polar surface area (TPSA) is 107 Å². The molecule has 27 heavy (non-hydrogen) atoms. The molecule has 6 heteroatoms. The second-order valence-electron chi connectivity index (χ2n) is 10.3. The molecule has 1 heterocycles. The van der Waals surface area contributed by atoms with Crippen molar-refractivity contribution in [2.24, 2.45) is 28.6 Å². The first-order valence-corrected chi connectivity index (χ1v) is 10.6. The highest BCUT2D eigenvalue weighted by Crippen LogP contribution is 2.75. The van der Waals surface area contributed by atoms with Gasteiger partial charge >= 0.3 is 0 Å². The fraction of sp³-hybridized carbons (Fsp3) is 0.952. The van der Waals surface area contributed by atoms with Crippen LogP contribution in [0.3, 0.4) is 0 Å². The lowest BCUT2D eigenvalue weighted by Crippen LogP contribution is -2.67. The van der Waals surface area contributed by atoms with E-state index in [-0.39, 0.29) is 29.0 Å². The third-order valence-electron chi connectivity index (χ3n) is 9.69. The molecule has 1 spiro atoms. The number of aliphatic hydroxyl groups is 4. The lowest BCUT2D eigenvalue weighted by atomic mass is 9.42. The van der Waals surface area contributed by atoms with Crippen LogP contribution in [0, 0.1) is 28.6 Å². The second kappa shape index (κ2) is 5.54. The van der Waals surface area contributed by atoms with Crippen LogP contribution in [0.25, 0.3) is 0 Å². The predicted molar refractivity (Wildman–Crippen MR) is 95.4 cm³/mol. The molecule has 2 bridgehead atoms. The molecule has 1 aliphatic heterocycles. The van der Waals surface area contributed by atoms with Gasteiger partial charge in [0.2, 0.25) is 0 Å². The van der Waals surface area contributed by atoms with Gasteiger partial charge in [-0.25, -0.2) is 0 Å². The fourth-order valence-electron chi connectivity index (χ4n) is 8.63. The molecular formula is C21H32O6. The van der Waals surface area contributed by atoms with Crippen LogP contribution in [0.5, 0.6) is 0 Å². The van der Waals surface area contributed by atoms with Crippen LogP contribution in [-0.4, -0.2) is 56.4 Å². The van der Waals surface area contributed by atoms with Crippen molar-refractivity contribution in [1.29, 1.82) is 0 Å². The maximum absolute atomic E-state index is 12.4. The van der Waals surface area contributed by atoms with Crippen molar-refractivity contribution in [2.75, 3.05) is 6.61 Å². The van der Waals surface area contributed by atoms with E-state index in [1.165, 1.54) is 0 Å². The zero-order chi connectivity index (χ0) is 19.2.